The average molecular weight is 283 g/mol. The minimum Gasteiger partial charge on any atom is -0.338 e. The van der Waals surface area contributed by atoms with Crippen molar-refractivity contribution in [2.24, 2.45) is 5.41 Å². The van der Waals surface area contributed by atoms with E-state index in [2.05, 4.69) is 13.8 Å². The smallest absolute Gasteiger partial charge is 0.288 e. The molecule has 1 amide bonds. The molecular formula is C13H15ClN2O3. The molecule has 0 unspecified atom stereocenters. The monoisotopic (exact) mass is 282 g/mol. The summed E-state index contributed by atoms with van der Waals surface area (Å²) in [6.45, 7) is 5.56. The Kier molecular flexibility index (Phi) is 3.49. The van der Waals surface area contributed by atoms with Crippen LogP contribution in [0.4, 0.5) is 5.69 Å². The molecule has 0 aromatic heterocycles. The van der Waals surface area contributed by atoms with Gasteiger partial charge in [-0.2, -0.15) is 0 Å². The molecule has 1 aromatic carbocycles. The van der Waals surface area contributed by atoms with E-state index < -0.39 is 4.92 Å². The highest BCUT2D eigenvalue weighted by Crippen LogP contribution is 2.31. The molecule has 0 N–H and O–H groups in total. The lowest BCUT2D eigenvalue weighted by atomic mass is 9.93. The van der Waals surface area contributed by atoms with Crippen molar-refractivity contribution in [3.63, 3.8) is 0 Å². The fourth-order valence-electron chi connectivity index (χ4n) is 2.25. The summed E-state index contributed by atoms with van der Waals surface area (Å²) < 4.78 is 0. The summed E-state index contributed by atoms with van der Waals surface area (Å²) in [5.74, 6) is -0.176. The number of nitro benzene ring substituents is 1. The summed E-state index contributed by atoms with van der Waals surface area (Å²) in [6, 6.07) is 4.17. The van der Waals surface area contributed by atoms with Gasteiger partial charge in [0, 0.05) is 24.7 Å². The third-order valence-corrected chi connectivity index (χ3v) is 3.67. The predicted octanol–water partition coefficient (Wildman–Crippen LogP) is 3.12. The van der Waals surface area contributed by atoms with Crippen LogP contribution < -0.4 is 0 Å². The lowest BCUT2D eigenvalue weighted by Crippen LogP contribution is -2.30. The van der Waals surface area contributed by atoms with Crippen LogP contribution in [0.1, 0.15) is 30.6 Å². The fourth-order valence-corrected chi connectivity index (χ4v) is 2.44. The van der Waals surface area contributed by atoms with Crippen LogP contribution in [0.5, 0.6) is 0 Å². The topological polar surface area (TPSA) is 63.5 Å². The normalized spacial score (nSPS) is 17.5. The molecule has 0 radical (unpaired) electrons. The van der Waals surface area contributed by atoms with Gasteiger partial charge >= 0.3 is 0 Å². The molecule has 1 aromatic rings. The Balaban J connectivity index is 2.25. The number of nitro groups is 1. The van der Waals surface area contributed by atoms with Gasteiger partial charge in [-0.1, -0.05) is 25.4 Å². The molecule has 0 aliphatic carbocycles. The zero-order valence-electron chi connectivity index (χ0n) is 10.9. The second-order valence-corrected chi connectivity index (χ2v) is 5.97. The molecule has 19 heavy (non-hydrogen) atoms. The highest BCUT2D eigenvalue weighted by molar-refractivity contribution is 6.32. The SMILES string of the molecule is CC1(C)CCN(C(=O)c2ccc(Cl)c([N+](=O)[O-])c2)C1. The van der Waals surface area contributed by atoms with Gasteiger partial charge in [-0.15, -0.1) is 0 Å². The van der Waals surface area contributed by atoms with Crippen LogP contribution in [0.3, 0.4) is 0 Å². The van der Waals surface area contributed by atoms with Crippen molar-refractivity contribution in [2.45, 2.75) is 20.3 Å². The van der Waals surface area contributed by atoms with E-state index in [4.69, 9.17) is 11.6 Å². The first kappa shape index (κ1) is 13.8. The lowest BCUT2D eigenvalue weighted by molar-refractivity contribution is -0.384. The molecule has 0 atom stereocenters. The van der Waals surface area contributed by atoms with Crippen LogP contribution in [-0.2, 0) is 0 Å². The van der Waals surface area contributed by atoms with Crippen molar-refractivity contribution in [1.82, 2.24) is 4.90 Å². The Morgan fingerprint density at radius 1 is 1.47 bits per heavy atom. The van der Waals surface area contributed by atoms with Gasteiger partial charge in [0.05, 0.1) is 4.92 Å². The maximum absolute atomic E-state index is 12.3. The Labute approximate surface area is 116 Å². The van der Waals surface area contributed by atoms with E-state index in [-0.39, 0.29) is 22.0 Å². The first-order chi connectivity index (χ1) is 8.80. The number of hydrogen-bond acceptors (Lipinski definition) is 3. The van der Waals surface area contributed by atoms with Crippen LogP contribution in [0.2, 0.25) is 5.02 Å². The van der Waals surface area contributed by atoms with Gasteiger partial charge in [0.1, 0.15) is 5.02 Å². The number of benzene rings is 1. The van der Waals surface area contributed by atoms with E-state index in [0.717, 1.165) is 6.42 Å². The number of amides is 1. The molecule has 0 spiro atoms. The van der Waals surface area contributed by atoms with E-state index in [1.54, 1.807) is 4.90 Å². The fraction of sp³-hybridized carbons (Fsp3) is 0.462. The molecule has 6 heteroatoms. The molecule has 102 valence electrons. The third kappa shape index (κ3) is 2.87. The number of hydrogen-bond donors (Lipinski definition) is 0. The van der Waals surface area contributed by atoms with Crippen LogP contribution in [0, 0.1) is 15.5 Å². The van der Waals surface area contributed by atoms with Gasteiger partial charge in [-0.3, -0.25) is 14.9 Å². The zero-order chi connectivity index (χ0) is 14.2. The second kappa shape index (κ2) is 4.81. The van der Waals surface area contributed by atoms with Crippen molar-refractivity contribution in [3.05, 3.63) is 38.9 Å². The lowest BCUT2D eigenvalue weighted by Gasteiger charge is -2.19. The van der Waals surface area contributed by atoms with Crippen molar-refractivity contribution < 1.29 is 9.72 Å². The summed E-state index contributed by atoms with van der Waals surface area (Å²) in [4.78, 5) is 24.3. The number of halogens is 1. The number of nitrogens with zero attached hydrogens (tertiary/aromatic N) is 2. The van der Waals surface area contributed by atoms with E-state index in [9.17, 15) is 14.9 Å². The summed E-state index contributed by atoms with van der Waals surface area (Å²) in [5.41, 5.74) is 0.188. The first-order valence-corrected chi connectivity index (χ1v) is 6.41. The molecule has 2 rings (SSSR count). The van der Waals surface area contributed by atoms with E-state index in [0.29, 0.717) is 18.7 Å². The Hall–Kier alpha value is -1.62. The highest BCUT2D eigenvalue weighted by atomic mass is 35.5. The quantitative estimate of drug-likeness (QED) is 0.618. The molecule has 1 saturated heterocycles. The average Bonchev–Trinajstić information content (AvgIpc) is 2.69. The molecule has 0 bridgehead atoms. The maximum Gasteiger partial charge on any atom is 0.288 e. The number of likely N-dealkylation sites (tertiary alicyclic amines) is 1. The molecule has 5 nitrogen and oxygen atoms in total. The molecule has 1 aliphatic heterocycles. The van der Waals surface area contributed by atoms with Crippen LogP contribution in [0.15, 0.2) is 18.2 Å². The van der Waals surface area contributed by atoms with Crippen LogP contribution in [0.25, 0.3) is 0 Å². The van der Waals surface area contributed by atoms with Gasteiger partial charge in [0.15, 0.2) is 0 Å². The highest BCUT2D eigenvalue weighted by Gasteiger charge is 2.32. The standard InChI is InChI=1S/C13H15ClN2O3/c1-13(2)5-6-15(8-13)12(17)9-3-4-10(14)11(7-9)16(18)19/h3-4,7H,5-6,8H2,1-2H3. The molecule has 1 heterocycles. The van der Waals surface area contributed by atoms with E-state index in [1.807, 2.05) is 0 Å². The van der Waals surface area contributed by atoms with Gasteiger partial charge in [-0.25, -0.2) is 0 Å². The predicted molar refractivity (Wildman–Crippen MR) is 72.4 cm³/mol. The molecule has 1 aliphatic rings. The van der Waals surface area contributed by atoms with Crippen molar-refractivity contribution >= 4 is 23.2 Å². The Bertz CT molecular complexity index is 543. The van der Waals surface area contributed by atoms with E-state index >= 15 is 0 Å². The Morgan fingerprint density at radius 2 is 2.16 bits per heavy atom. The zero-order valence-corrected chi connectivity index (χ0v) is 11.6. The van der Waals surface area contributed by atoms with Crippen LogP contribution >= 0.6 is 11.6 Å². The molecule has 1 fully saturated rings. The van der Waals surface area contributed by atoms with Crippen molar-refractivity contribution in [1.29, 1.82) is 0 Å². The number of carbonyl (C=O) groups is 1. The minimum atomic E-state index is -0.576. The van der Waals surface area contributed by atoms with E-state index in [1.165, 1.54) is 18.2 Å². The molecular weight excluding hydrogens is 268 g/mol. The summed E-state index contributed by atoms with van der Waals surface area (Å²) in [7, 11) is 0. The number of carbonyl (C=O) groups excluding carboxylic acids is 1. The number of rotatable bonds is 2. The summed E-state index contributed by atoms with van der Waals surface area (Å²) in [5, 5.41) is 10.9. The van der Waals surface area contributed by atoms with Gasteiger partial charge < -0.3 is 4.90 Å². The maximum atomic E-state index is 12.3. The van der Waals surface area contributed by atoms with Gasteiger partial charge in [-0.05, 0) is 24.0 Å². The van der Waals surface area contributed by atoms with Gasteiger partial charge in [0.25, 0.3) is 11.6 Å². The second-order valence-electron chi connectivity index (χ2n) is 5.56. The summed E-state index contributed by atoms with van der Waals surface area (Å²) >= 11 is 5.73. The van der Waals surface area contributed by atoms with Crippen molar-refractivity contribution in [3.8, 4) is 0 Å². The third-order valence-electron chi connectivity index (χ3n) is 3.35. The largest absolute Gasteiger partial charge is 0.338 e. The van der Waals surface area contributed by atoms with Crippen LogP contribution in [-0.4, -0.2) is 28.8 Å². The Morgan fingerprint density at radius 3 is 2.68 bits per heavy atom. The first-order valence-electron chi connectivity index (χ1n) is 6.03. The minimum absolute atomic E-state index is 0.0447. The van der Waals surface area contributed by atoms with Crippen molar-refractivity contribution in [2.75, 3.05) is 13.1 Å². The molecule has 0 saturated carbocycles. The van der Waals surface area contributed by atoms with Gasteiger partial charge in [0.2, 0.25) is 0 Å². The summed E-state index contributed by atoms with van der Waals surface area (Å²) in [6.07, 6.45) is 0.939.